The molecule has 422 valence electrons. The molecule has 0 rings (SSSR count). The Hall–Kier alpha value is -3.93. The molecule has 0 bridgehead atoms. The molecule has 0 fully saturated rings. The van der Waals surface area contributed by atoms with Crippen LogP contribution in [-0.2, 0) is 28.6 Å². The first-order valence-corrected chi connectivity index (χ1v) is 30.9. The average Bonchev–Trinajstić information content (AvgIpc) is 3.40. The molecule has 0 aromatic carbocycles. The van der Waals surface area contributed by atoms with Crippen molar-refractivity contribution in [2.75, 3.05) is 13.2 Å². The number of ether oxygens (including phenoxy) is 3. The molecule has 1 atom stereocenters. The number of allylic oxidation sites excluding steroid dienone is 18. The summed E-state index contributed by atoms with van der Waals surface area (Å²) in [6.07, 6.45) is 83.7. The zero-order valence-corrected chi connectivity index (χ0v) is 48.3. The maximum atomic E-state index is 12.9. The summed E-state index contributed by atoms with van der Waals surface area (Å²) in [4.78, 5) is 38.2. The fourth-order valence-corrected chi connectivity index (χ4v) is 8.34. The third kappa shape index (κ3) is 59.0. The zero-order chi connectivity index (χ0) is 53.6. The van der Waals surface area contributed by atoms with E-state index < -0.39 is 6.10 Å². The molecule has 0 radical (unpaired) electrons. The van der Waals surface area contributed by atoms with Gasteiger partial charge in [-0.2, -0.15) is 0 Å². The number of carbonyl (C=O) groups excluding carboxylic acids is 3. The largest absolute Gasteiger partial charge is 0.462 e. The molecule has 0 aromatic rings. The van der Waals surface area contributed by atoms with E-state index in [1.54, 1.807) is 0 Å². The van der Waals surface area contributed by atoms with Crippen molar-refractivity contribution in [2.24, 2.45) is 0 Å². The number of unbranched alkanes of at least 4 members (excludes halogenated alkanes) is 26. The Balaban J connectivity index is 4.35. The minimum absolute atomic E-state index is 0.0909. The second-order valence-corrected chi connectivity index (χ2v) is 20.2. The highest BCUT2D eigenvalue weighted by molar-refractivity contribution is 5.71. The highest BCUT2D eigenvalue weighted by Gasteiger charge is 2.19. The molecule has 0 aliphatic rings. The van der Waals surface area contributed by atoms with Gasteiger partial charge >= 0.3 is 17.9 Å². The normalized spacial score (nSPS) is 12.9. The average molecular weight is 1030 g/mol. The SMILES string of the molecule is CC/C=C\C/C=C\C/C=C\C/C=C\C/C=C\C/C=C\CCCCCCCCCCC(=O)OCC(COC(=O)CCCCCCC/C=C\C/C=C\CCCC)OC(=O)CCCCCCC/C=C\CCCCCCCC. The summed E-state index contributed by atoms with van der Waals surface area (Å²) in [6, 6.07) is 0. The lowest BCUT2D eigenvalue weighted by Gasteiger charge is -2.18. The second-order valence-electron chi connectivity index (χ2n) is 20.2. The first kappa shape index (κ1) is 70.1. The van der Waals surface area contributed by atoms with Gasteiger partial charge in [-0.25, -0.2) is 0 Å². The molecule has 74 heavy (non-hydrogen) atoms. The van der Waals surface area contributed by atoms with E-state index in [4.69, 9.17) is 14.2 Å². The summed E-state index contributed by atoms with van der Waals surface area (Å²) in [5.74, 6) is -0.917. The molecule has 0 spiro atoms. The minimum atomic E-state index is -0.794. The van der Waals surface area contributed by atoms with Crippen LogP contribution >= 0.6 is 0 Å². The topological polar surface area (TPSA) is 78.9 Å². The molecule has 0 aliphatic carbocycles. The number of hydrogen-bond donors (Lipinski definition) is 0. The summed E-state index contributed by atoms with van der Waals surface area (Å²) in [5, 5.41) is 0. The van der Waals surface area contributed by atoms with Gasteiger partial charge in [0.1, 0.15) is 13.2 Å². The Kier molecular flexibility index (Phi) is 58.3. The van der Waals surface area contributed by atoms with E-state index >= 15 is 0 Å². The van der Waals surface area contributed by atoms with E-state index in [1.165, 1.54) is 103 Å². The van der Waals surface area contributed by atoms with Gasteiger partial charge in [-0.3, -0.25) is 14.4 Å². The van der Waals surface area contributed by atoms with E-state index in [-0.39, 0.29) is 31.1 Å². The van der Waals surface area contributed by atoms with E-state index in [0.29, 0.717) is 19.3 Å². The molecule has 0 aliphatic heterocycles. The minimum Gasteiger partial charge on any atom is -0.462 e. The standard InChI is InChI=1S/C68H114O6/c1-4-7-10-13-16-19-22-25-28-29-30-31-32-33-34-35-36-37-38-39-41-43-46-49-52-55-58-61-67(70)73-64-65(63-72-66(69)60-57-54-51-48-45-42-27-24-21-18-15-12-9-6-3)74-68(71)62-59-56-53-50-47-44-40-26-23-20-17-14-11-8-5-2/h7,10,15-16,18-19,24-28,30-31,33-34,36-37,40,65H,4-6,8-9,11-14,17,20-23,29,32,35,38-39,41-64H2,1-3H3/b10-7-,18-15-,19-16-,27-24-,28-25-,31-30-,34-33-,37-36-,40-26-. The molecule has 6 nitrogen and oxygen atoms in total. The fraction of sp³-hybridized carbons (Fsp3) is 0.691. The van der Waals surface area contributed by atoms with Crippen LogP contribution in [0.15, 0.2) is 109 Å². The van der Waals surface area contributed by atoms with Gasteiger partial charge in [-0.05, 0) is 122 Å². The Morgan fingerprint density at radius 1 is 0.284 bits per heavy atom. The Bertz CT molecular complexity index is 1510. The van der Waals surface area contributed by atoms with Crippen molar-refractivity contribution < 1.29 is 28.6 Å². The van der Waals surface area contributed by atoms with E-state index in [1.807, 2.05) is 0 Å². The first-order valence-electron chi connectivity index (χ1n) is 30.9. The van der Waals surface area contributed by atoms with Gasteiger partial charge in [0, 0.05) is 19.3 Å². The van der Waals surface area contributed by atoms with Gasteiger partial charge in [0.2, 0.25) is 0 Å². The second kappa shape index (κ2) is 61.6. The number of hydrogen-bond acceptors (Lipinski definition) is 6. The lowest BCUT2D eigenvalue weighted by molar-refractivity contribution is -0.167. The predicted molar refractivity (Wildman–Crippen MR) is 320 cm³/mol. The van der Waals surface area contributed by atoms with Crippen LogP contribution in [0.25, 0.3) is 0 Å². The van der Waals surface area contributed by atoms with Crippen molar-refractivity contribution in [2.45, 2.75) is 290 Å². The fourth-order valence-electron chi connectivity index (χ4n) is 8.34. The predicted octanol–water partition coefficient (Wildman–Crippen LogP) is 21.0. The highest BCUT2D eigenvalue weighted by Crippen LogP contribution is 2.15. The lowest BCUT2D eigenvalue weighted by atomic mass is 10.1. The quantitative estimate of drug-likeness (QED) is 0.0261. The third-order valence-corrected chi connectivity index (χ3v) is 13.0. The van der Waals surface area contributed by atoms with Gasteiger partial charge in [-0.15, -0.1) is 0 Å². The van der Waals surface area contributed by atoms with Gasteiger partial charge in [0.25, 0.3) is 0 Å². The summed E-state index contributed by atoms with van der Waals surface area (Å²) in [7, 11) is 0. The van der Waals surface area contributed by atoms with Crippen molar-refractivity contribution in [3.05, 3.63) is 109 Å². The molecular formula is C68H114O6. The van der Waals surface area contributed by atoms with Crippen molar-refractivity contribution >= 4 is 17.9 Å². The van der Waals surface area contributed by atoms with Crippen molar-refractivity contribution in [1.29, 1.82) is 0 Å². The summed E-state index contributed by atoms with van der Waals surface area (Å²) in [5.41, 5.74) is 0. The molecule has 0 amide bonds. The molecule has 0 saturated heterocycles. The molecule has 0 aromatic heterocycles. The van der Waals surface area contributed by atoms with E-state index in [0.717, 1.165) is 141 Å². The van der Waals surface area contributed by atoms with Crippen molar-refractivity contribution in [1.82, 2.24) is 0 Å². The van der Waals surface area contributed by atoms with Gasteiger partial charge in [0.05, 0.1) is 0 Å². The zero-order valence-electron chi connectivity index (χ0n) is 48.3. The Morgan fingerprint density at radius 2 is 0.541 bits per heavy atom. The summed E-state index contributed by atoms with van der Waals surface area (Å²) < 4.78 is 16.9. The molecular weight excluding hydrogens is 913 g/mol. The van der Waals surface area contributed by atoms with Gasteiger partial charge in [-0.1, -0.05) is 252 Å². The number of esters is 3. The monoisotopic (exact) mass is 1030 g/mol. The van der Waals surface area contributed by atoms with Crippen LogP contribution < -0.4 is 0 Å². The van der Waals surface area contributed by atoms with Crippen LogP contribution in [0, 0.1) is 0 Å². The third-order valence-electron chi connectivity index (χ3n) is 13.0. The molecule has 0 N–H and O–H groups in total. The summed E-state index contributed by atoms with van der Waals surface area (Å²) in [6.45, 7) is 6.46. The maximum absolute atomic E-state index is 12.9. The Morgan fingerprint density at radius 3 is 0.878 bits per heavy atom. The number of carbonyl (C=O) groups is 3. The first-order chi connectivity index (χ1) is 36.5. The lowest BCUT2D eigenvalue weighted by Crippen LogP contribution is -2.30. The van der Waals surface area contributed by atoms with Crippen LogP contribution in [0.1, 0.15) is 284 Å². The van der Waals surface area contributed by atoms with Crippen LogP contribution in [0.3, 0.4) is 0 Å². The van der Waals surface area contributed by atoms with Crippen LogP contribution in [0.5, 0.6) is 0 Å². The Labute approximate surface area is 457 Å². The van der Waals surface area contributed by atoms with Gasteiger partial charge < -0.3 is 14.2 Å². The highest BCUT2D eigenvalue weighted by atomic mass is 16.6. The molecule has 0 saturated carbocycles. The maximum Gasteiger partial charge on any atom is 0.306 e. The van der Waals surface area contributed by atoms with E-state index in [9.17, 15) is 14.4 Å². The van der Waals surface area contributed by atoms with Crippen molar-refractivity contribution in [3.8, 4) is 0 Å². The molecule has 0 heterocycles. The molecule has 6 heteroatoms. The number of rotatable bonds is 55. The summed E-state index contributed by atoms with van der Waals surface area (Å²) >= 11 is 0. The van der Waals surface area contributed by atoms with Gasteiger partial charge in [0.15, 0.2) is 6.10 Å². The van der Waals surface area contributed by atoms with Crippen LogP contribution in [-0.4, -0.2) is 37.2 Å². The smallest absolute Gasteiger partial charge is 0.306 e. The van der Waals surface area contributed by atoms with E-state index in [2.05, 4.69) is 130 Å². The van der Waals surface area contributed by atoms with Crippen molar-refractivity contribution in [3.63, 3.8) is 0 Å². The molecule has 1 unspecified atom stereocenters. The van der Waals surface area contributed by atoms with Crippen LogP contribution in [0.2, 0.25) is 0 Å². The van der Waals surface area contributed by atoms with Crippen LogP contribution in [0.4, 0.5) is 0 Å².